The first-order chi connectivity index (χ1) is 12.5. The predicted octanol–water partition coefficient (Wildman–Crippen LogP) is 3.35. The van der Waals surface area contributed by atoms with E-state index in [4.69, 9.17) is 10.5 Å². The van der Waals surface area contributed by atoms with Crippen LogP contribution in [0.4, 0.5) is 5.69 Å². The van der Waals surface area contributed by atoms with Crippen LogP contribution >= 0.6 is 0 Å². The number of nitrogens with zero attached hydrogens (tertiary/aromatic N) is 2. The molecular formula is C19H21N3O4. The molecule has 0 aliphatic heterocycles. The summed E-state index contributed by atoms with van der Waals surface area (Å²) < 4.78 is 5.08. The number of nitrogens with two attached hydrogens (primary N) is 1. The number of pyridine rings is 1. The Morgan fingerprint density at radius 2 is 1.96 bits per heavy atom. The van der Waals surface area contributed by atoms with Crippen molar-refractivity contribution >= 4 is 11.6 Å². The lowest BCUT2D eigenvalue weighted by molar-refractivity contribution is -0.384. The lowest BCUT2D eigenvalue weighted by Gasteiger charge is -2.33. The second kappa shape index (κ2) is 7.11. The monoisotopic (exact) mass is 355 g/mol. The number of rotatable bonds is 5. The van der Waals surface area contributed by atoms with Gasteiger partial charge in [-0.15, -0.1) is 0 Å². The van der Waals surface area contributed by atoms with E-state index in [0.717, 1.165) is 19.3 Å². The Morgan fingerprint density at radius 1 is 1.23 bits per heavy atom. The Labute approximate surface area is 151 Å². The lowest BCUT2D eigenvalue weighted by Crippen LogP contribution is -2.43. The molecule has 136 valence electrons. The molecule has 1 aromatic heterocycles. The summed E-state index contributed by atoms with van der Waals surface area (Å²) >= 11 is 0. The van der Waals surface area contributed by atoms with Crippen molar-refractivity contribution in [1.82, 2.24) is 4.98 Å². The van der Waals surface area contributed by atoms with Crippen LogP contribution in [-0.2, 0) is 10.2 Å². The second-order valence-electron chi connectivity index (χ2n) is 6.58. The summed E-state index contributed by atoms with van der Waals surface area (Å²) in [5.41, 5.74) is 6.56. The number of hydrogen-bond donors (Lipinski definition) is 1. The zero-order valence-corrected chi connectivity index (χ0v) is 14.6. The average molecular weight is 355 g/mol. The van der Waals surface area contributed by atoms with E-state index in [-0.39, 0.29) is 11.6 Å². The molecule has 1 amide bonds. The Hall–Kier alpha value is -2.96. The predicted molar refractivity (Wildman–Crippen MR) is 96.8 cm³/mol. The van der Waals surface area contributed by atoms with Crippen LogP contribution in [0, 0.1) is 10.1 Å². The van der Waals surface area contributed by atoms with Gasteiger partial charge < -0.3 is 10.5 Å². The van der Waals surface area contributed by atoms with E-state index in [1.165, 1.54) is 13.2 Å². The molecule has 0 radical (unpaired) electrons. The van der Waals surface area contributed by atoms with Gasteiger partial charge in [0.2, 0.25) is 5.91 Å². The van der Waals surface area contributed by atoms with Gasteiger partial charge in [-0.2, -0.15) is 0 Å². The highest BCUT2D eigenvalue weighted by Gasteiger charge is 2.41. The molecule has 0 spiro atoms. The number of methoxy groups -OCH3 is 1. The first kappa shape index (κ1) is 17.8. The minimum Gasteiger partial charge on any atom is -0.497 e. The molecule has 0 bridgehead atoms. The number of amides is 1. The zero-order valence-electron chi connectivity index (χ0n) is 14.6. The molecule has 1 aliphatic carbocycles. The largest absolute Gasteiger partial charge is 0.497 e. The van der Waals surface area contributed by atoms with Gasteiger partial charge in [-0.25, -0.2) is 0 Å². The molecule has 0 atom stereocenters. The molecule has 0 saturated heterocycles. The topological polar surface area (TPSA) is 108 Å². The van der Waals surface area contributed by atoms with E-state index in [2.05, 4.69) is 4.98 Å². The van der Waals surface area contributed by atoms with Crippen LogP contribution in [0.15, 0.2) is 36.5 Å². The van der Waals surface area contributed by atoms with Crippen molar-refractivity contribution in [2.24, 2.45) is 5.73 Å². The van der Waals surface area contributed by atoms with Crippen LogP contribution in [0.2, 0.25) is 0 Å². The molecule has 1 fully saturated rings. The highest BCUT2D eigenvalue weighted by atomic mass is 16.6. The van der Waals surface area contributed by atoms with Gasteiger partial charge in [0.25, 0.3) is 5.69 Å². The van der Waals surface area contributed by atoms with E-state index < -0.39 is 10.3 Å². The molecule has 1 saturated carbocycles. The molecule has 3 rings (SSSR count). The lowest BCUT2D eigenvalue weighted by atomic mass is 9.70. The number of benzene rings is 1. The fourth-order valence-electron chi connectivity index (χ4n) is 3.68. The maximum Gasteiger partial charge on any atom is 0.280 e. The highest BCUT2D eigenvalue weighted by molar-refractivity contribution is 5.87. The molecule has 2 N–H and O–H groups in total. The molecule has 26 heavy (non-hydrogen) atoms. The van der Waals surface area contributed by atoms with Gasteiger partial charge in [-0.3, -0.25) is 19.9 Å². The molecular weight excluding hydrogens is 334 g/mol. The van der Waals surface area contributed by atoms with Crippen LogP contribution in [0.5, 0.6) is 5.75 Å². The van der Waals surface area contributed by atoms with Crippen LogP contribution < -0.4 is 10.5 Å². The maximum atomic E-state index is 12.2. The van der Waals surface area contributed by atoms with E-state index in [1.807, 2.05) is 0 Å². The number of carbonyl (C=O) groups is 1. The summed E-state index contributed by atoms with van der Waals surface area (Å²) in [4.78, 5) is 27.7. The Bertz CT molecular complexity index is 844. The number of primary amides is 1. The quantitative estimate of drug-likeness (QED) is 0.653. The minimum absolute atomic E-state index is 0.0572. The summed E-state index contributed by atoms with van der Waals surface area (Å²) in [5.74, 6) is 0.0293. The number of aromatic nitrogens is 1. The number of ether oxygens (including phenoxy) is 1. The fourth-order valence-corrected chi connectivity index (χ4v) is 3.68. The molecule has 1 aliphatic rings. The molecule has 2 aromatic rings. The van der Waals surface area contributed by atoms with Gasteiger partial charge in [0.15, 0.2) is 0 Å². The van der Waals surface area contributed by atoms with Crippen molar-refractivity contribution in [2.45, 2.75) is 37.5 Å². The van der Waals surface area contributed by atoms with E-state index in [9.17, 15) is 14.9 Å². The SMILES string of the molecule is COc1ccc(-c2ccnc(C3(C(N)=O)CCCCC3)c2)c([N+](=O)[O-])c1. The van der Waals surface area contributed by atoms with E-state index >= 15 is 0 Å². The molecule has 7 nitrogen and oxygen atoms in total. The Balaban J connectivity index is 2.10. The van der Waals surface area contributed by atoms with Gasteiger partial charge >= 0.3 is 0 Å². The third-order valence-corrected chi connectivity index (χ3v) is 5.14. The molecule has 1 aromatic carbocycles. The van der Waals surface area contributed by atoms with Crippen molar-refractivity contribution in [3.05, 3.63) is 52.3 Å². The standard InChI is InChI=1S/C19H21N3O4/c1-26-14-5-6-15(16(12-14)22(24)25)13-7-10-21-17(11-13)19(18(20)23)8-3-2-4-9-19/h5-7,10-12H,2-4,8-9H2,1H3,(H2,20,23). The van der Waals surface area contributed by atoms with Gasteiger partial charge in [0.05, 0.1) is 34.8 Å². The number of carbonyl (C=O) groups excluding carboxylic acids is 1. The average Bonchev–Trinajstić information content (AvgIpc) is 2.68. The normalized spacial score (nSPS) is 16.0. The van der Waals surface area contributed by atoms with Crippen LogP contribution in [0.1, 0.15) is 37.8 Å². The van der Waals surface area contributed by atoms with Crippen LogP contribution in [0.3, 0.4) is 0 Å². The maximum absolute atomic E-state index is 12.2. The first-order valence-corrected chi connectivity index (χ1v) is 8.57. The number of nitro groups is 1. The van der Waals surface area contributed by atoms with Crippen molar-refractivity contribution in [3.63, 3.8) is 0 Å². The minimum atomic E-state index is -0.796. The summed E-state index contributed by atoms with van der Waals surface area (Å²) in [7, 11) is 1.46. The van der Waals surface area contributed by atoms with Crippen LogP contribution in [-0.4, -0.2) is 22.9 Å². The van der Waals surface area contributed by atoms with E-state index in [1.54, 1.807) is 30.5 Å². The summed E-state index contributed by atoms with van der Waals surface area (Å²) in [6.07, 6.45) is 5.79. The first-order valence-electron chi connectivity index (χ1n) is 8.57. The third kappa shape index (κ3) is 3.12. The van der Waals surface area contributed by atoms with Crippen molar-refractivity contribution in [1.29, 1.82) is 0 Å². The molecule has 0 unspecified atom stereocenters. The Kier molecular flexibility index (Phi) is 4.88. The van der Waals surface area contributed by atoms with Crippen molar-refractivity contribution < 1.29 is 14.5 Å². The van der Waals surface area contributed by atoms with Gasteiger partial charge in [-0.1, -0.05) is 19.3 Å². The fraction of sp³-hybridized carbons (Fsp3) is 0.368. The zero-order chi connectivity index (χ0) is 18.7. The molecule has 7 heteroatoms. The summed E-state index contributed by atoms with van der Waals surface area (Å²) in [6, 6.07) is 8.17. The Morgan fingerprint density at radius 3 is 2.58 bits per heavy atom. The van der Waals surface area contributed by atoms with Crippen molar-refractivity contribution in [2.75, 3.05) is 7.11 Å². The van der Waals surface area contributed by atoms with Gasteiger partial charge in [0, 0.05) is 6.20 Å². The van der Waals surface area contributed by atoms with Gasteiger partial charge in [-0.05, 0) is 42.7 Å². The van der Waals surface area contributed by atoms with Crippen molar-refractivity contribution in [3.8, 4) is 16.9 Å². The van der Waals surface area contributed by atoms with Crippen LogP contribution in [0.25, 0.3) is 11.1 Å². The second-order valence-corrected chi connectivity index (χ2v) is 6.58. The smallest absolute Gasteiger partial charge is 0.280 e. The van der Waals surface area contributed by atoms with E-state index in [0.29, 0.717) is 35.4 Å². The van der Waals surface area contributed by atoms with Gasteiger partial charge in [0.1, 0.15) is 5.75 Å². The number of hydrogen-bond acceptors (Lipinski definition) is 5. The third-order valence-electron chi connectivity index (χ3n) is 5.14. The summed E-state index contributed by atoms with van der Waals surface area (Å²) in [5, 5.41) is 11.5. The summed E-state index contributed by atoms with van der Waals surface area (Å²) in [6.45, 7) is 0. The molecule has 1 heterocycles. The number of nitro benzene ring substituents is 1. The highest BCUT2D eigenvalue weighted by Crippen LogP contribution is 2.40.